The number of benzene rings is 1. The van der Waals surface area contributed by atoms with E-state index in [4.69, 9.17) is 22.4 Å². The first kappa shape index (κ1) is 12.0. The molecule has 0 bridgehead atoms. The average Bonchev–Trinajstić information content (AvgIpc) is 2.18. The minimum Gasteiger partial charge on any atom is -0.396 e. The third-order valence-electron chi connectivity index (χ3n) is 2.05. The topological polar surface area (TPSA) is 46.2 Å². The van der Waals surface area contributed by atoms with Crippen LogP contribution in [0.2, 0.25) is 5.02 Å². The summed E-state index contributed by atoms with van der Waals surface area (Å²) in [5.74, 6) is 0. The quantitative estimate of drug-likeness (QED) is 0.889. The van der Waals surface area contributed by atoms with Crippen LogP contribution in [0.1, 0.15) is 24.4 Å². The molecule has 0 radical (unpaired) electrons. The molecule has 0 aliphatic carbocycles. The van der Waals surface area contributed by atoms with Crippen molar-refractivity contribution in [3.63, 3.8) is 0 Å². The molecule has 0 spiro atoms. The molecule has 0 aromatic heterocycles. The van der Waals surface area contributed by atoms with Crippen LogP contribution in [0.15, 0.2) is 22.7 Å². The van der Waals surface area contributed by atoms with Gasteiger partial charge in [-0.15, -0.1) is 0 Å². The molecule has 2 nitrogen and oxygen atoms in total. The summed E-state index contributed by atoms with van der Waals surface area (Å²) in [5, 5.41) is 9.36. The van der Waals surface area contributed by atoms with Crippen LogP contribution >= 0.6 is 27.5 Å². The first-order valence-electron chi connectivity index (χ1n) is 4.46. The molecule has 0 amide bonds. The van der Waals surface area contributed by atoms with E-state index in [1.807, 2.05) is 18.2 Å². The van der Waals surface area contributed by atoms with E-state index in [2.05, 4.69) is 15.9 Å². The predicted molar refractivity (Wildman–Crippen MR) is 62.4 cm³/mol. The molecular weight excluding hydrogens is 265 g/mol. The molecule has 1 aromatic rings. The van der Waals surface area contributed by atoms with Gasteiger partial charge in [0.15, 0.2) is 0 Å². The van der Waals surface area contributed by atoms with Crippen molar-refractivity contribution in [3.8, 4) is 0 Å². The summed E-state index contributed by atoms with van der Waals surface area (Å²) in [4.78, 5) is 0. The average molecular weight is 279 g/mol. The zero-order valence-corrected chi connectivity index (χ0v) is 10.1. The Balaban J connectivity index is 2.70. The van der Waals surface area contributed by atoms with Crippen LogP contribution in [0.4, 0.5) is 0 Å². The molecule has 78 valence electrons. The van der Waals surface area contributed by atoms with Crippen LogP contribution in [0.5, 0.6) is 0 Å². The summed E-state index contributed by atoms with van der Waals surface area (Å²) in [6, 6.07) is 5.62. The van der Waals surface area contributed by atoms with Crippen molar-refractivity contribution in [1.29, 1.82) is 0 Å². The summed E-state index contributed by atoms with van der Waals surface area (Å²) in [5.41, 5.74) is 6.96. The monoisotopic (exact) mass is 277 g/mol. The fourth-order valence-electron chi connectivity index (χ4n) is 1.22. The van der Waals surface area contributed by atoms with Gasteiger partial charge in [0.1, 0.15) is 0 Å². The minimum atomic E-state index is -0.0317. The summed E-state index contributed by atoms with van der Waals surface area (Å²) in [6.45, 7) is 0.183. The Morgan fingerprint density at radius 3 is 2.79 bits per heavy atom. The lowest BCUT2D eigenvalue weighted by molar-refractivity contribution is 0.280. The first-order valence-corrected chi connectivity index (χ1v) is 5.63. The smallest absolute Gasteiger partial charge is 0.0548 e. The van der Waals surface area contributed by atoms with Crippen LogP contribution < -0.4 is 5.73 Å². The van der Waals surface area contributed by atoms with Crippen LogP contribution in [0.25, 0.3) is 0 Å². The maximum absolute atomic E-state index is 8.67. The Kier molecular flexibility index (Phi) is 4.89. The van der Waals surface area contributed by atoms with E-state index < -0.39 is 0 Å². The molecular formula is C10H13BrClNO. The van der Waals surface area contributed by atoms with Crippen LogP contribution in [-0.2, 0) is 0 Å². The van der Waals surface area contributed by atoms with Gasteiger partial charge in [-0.3, -0.25) is 0 Å². The second-order valence-corrected chi connectivity index (χ2v) is 4.41. The zero-order valence-electron chi connectivity index (χ0n) is 7.71. The van der Waals surface area contributed by atoms with Gasteiger partial charge < -0.3 is 10.8 Å². The van der Waals surface area contributed by atoms with Gasteiger partial charge in [-0.1, -0.05) is 17.7 Å². The molecule has 0 unspecified atom stereocenters. The fraction of sp³-hybridized carbons (Fsp3) is 0.400. The lowest BCUT2D eigenvalue weighted by Crippen LogP contribution is -2.10. The van der Waals surface area contributed by atoms with Gasteiger partial charge in [-0.25, -0.2) is 0 Å². The molecule has 0 saturated carbocycles. The number of hydrogen-bond acceptors (Lipinski definition) is 2. The van der Waals surface area contributed by atoms with Crippen molar-refractivity contribution >= 4 is 27.5 Å². The highest BCUT2D eigenvalue weighted by Gasteiger charge is 2.07. The number of aliphatic hydroxyl groups excluding tert-OH is 1. The van der Waals surface area contributed by atoms with Crippen molar-refractivity contribution in [2.24, 2.45) is 5.73 Å². The summed E-state index contributed by atoms with van der Waals surface area (Å²) in [7, 11) is 0. The highest BCUT2D eigenvalue weighted by Crippen LogP contribution is 2.26. The SMILES string of the molecule is N[C@H](CCCO)c1ccc(Cl)c(Br)c1. The molecule has 0 fully saturated rings. The van der Waals surface area contributed by atoms with Gasteiger partial charge in [0, 0.05) is 17.1 Å². The molecule has 0 saturated heterocycles. The van der Waals surface area contributed by atoms with Gasteiger partial charge in [0.05, 0.1) is 5.02 Å². The van der Waals surface area contributed by atoms with Crippen molar-refractivity contribution in [2.45, 2.75) is 18.9 Å². The van der Waals surface area contributed by atoms with Crippen molar-refractivity contribution in [3.05, 3.63) is 33.3 Å². The normalized spacial score (nSPS) is 12.9. The van der Waals surface area contributed by atoms with E-state index in [0.29, 0.717) is 5.02 Å². The second-order valence-electron chi connectivity index (χ2n) is 3.15. The summed E-state index contributed by atoms with van der Waals surface area (Å²) in [6.07, 6.45) is 1.51. The minimum absolute atomic E-state index is 0.0317. The number of nitrogens with two attached hydrogens (primary N) is 1. The molecule has 4 heteroatoms. The Bertz CT molecular complexity index is 306. The van der Waals surface area contributed by atoms with E-state index in [0.717, 1.165) is 22.9 Å². The molecule has 1 aromatic carbocycles. The maximum atomic E-state index is 8.67. The van der Waals surface area contributed by atoms with Crippen LogP contribution in [-0.4, -0.2) is 11.7 Å². The van der Waals surface area contributed by atoms with Gasteiger partial charge in [-0.05, 0) is 46.5 Å². The number of halogens is 2. The Hall–Kier alpha value is -0.0900. The highest BCUT2D eigenvalue weighted by atomic mass is 79.9. The molecule has 3 N–H and O–H groups in total. The van der Waals surface area contributed by atoms with Crippen LogP contribution in [0, 0.1) is 0 Å². The maximum Gasteiger partial charge on any atom is 0.0548 e. The largest absolute Gasteiger partial charge is 0.396 e. The lowest BCUT2D eigenvalue weighted by Gasteiger charge is -2.11. The third-order valence-corrected chi connectivity index (χ3v) is 3.26. The standard InChI is InChI=1S/C10H13BrClNO/c11-8-6-7(3-4-9(8)12)10(13)2-1-5-14/h3-4,6,10,14H,1-2,5,13H2/t10-/m1/s1. The van der Waals surface area contributed by atoms with Crippen LogP contribution in [0.3, 0.4) is 0 Å². The number of aliphatic hydroxyl groups is 1. The molecule has 14 heavy (non-hydrogen) atoms. The van der Waals surface area contributed by atoms with E-state index in [1.54, 1.807) is 0 Å². The third kappa shape index (κ3) is 3.24. The van der Waals surface area contributed by atoms with Gasteiger partial charge in [0.25, 0.3) is 0 Å². The van der Waals surface area contributed by atoms with E-state index in [1.165, 1.54) is 0 Å². The van der Waals surface area contributed by atoms with E-state index in [9.17, 15) is 0 Å². The Morgan fingerprint density at radius 1 is 1.50 bits per heavy atom. The predicted octanol–water partition coefficient (Wildman–Crippen LogP) is 2.87. The molecule has 0 aliphatic rings. The first-order chi connectivity index (χ1) is 6.65. The summed E-state index contributed by atoms with van der Waals surface area (Å²) >= 11 is 9.21. The molecule has 0 aliphatic heterocycles. The fourth-order valence-corrected chi connectivity index (χ4v) is 1.73. The zero-order chi connectivity index (χ0) is 10.6. The molecule has 1 atom stereocenters. The van der Waals surface area contributed by atoms with Gasteiger partial charge in [0.2, 0.25) is 0 Å². The number of hydrogen-bond donors (Lipinski definition) is 2. The van der Waals surface area contributed by atoms with Gasteiger partial charge >= 0.3 is 0 Å². The van der Waals surface area contributed by atoms with E-state index >= 15 is 0 Å². The van der Waals surface area contributed by atoms with Crippen molar-refractivity contribution in [1.82, 2.24) is 0 Å². The van der Waals surface area contributed by atoms with E-state index in [-0.39, 0.29) is 12.6 Å². The molecule has 0 heterocycles. The Labute approximate surface area is 97.2 Å². The van der Waals surface area contributed by atoms with Gasteiger partial charge in [-0.2, -0.15) is 0 Å². The second kappa shape index (κ2) is 5.71. The van der Waals surface area contributed by atoms with Crippen molar-refractivity contribution < 1.29 is 5.11 Å². The highest BCUT2D eigenvalue weighted by molar-refractivity contribution is 9.10. The molecule has 1 rings (SSSR count). The van der Waals surface area contributed by atoms with Crippen molar-refractivity contribution in [2.75, 3.05) is 6.61 Å². The lowest BCUT2D eigenvalue weighted by atomic mass is 10.0. The Morgan fingerprint density at radius 2 is 2.21 bits per heavy atom. The number of rotatable bonds is 4. The summed E-state index contributed by atoms with van der Waals surface area (Å²) < 4.78 is 0.858.